The van der Waals surface area contributed by atoms with Crippen LogP contribution in [0, 0.1) is 0 Å². The Balaban J connectivity index is 1.90. The third kappa shape index (κ3) is 2.44. The molecular formula is C15H19N5. The van der Waals surface area contributed by atoms with Crippen molar-refractivity contribution in [2.45, 2.75) is 19.5 Å². The first kappa shape index (κ1) is 12.9. The molecule has 1 atom stereocenters. The summed E-state index contributed by atoms with van der Waals surface area (Å²) in [4.78, 5) is 4.44. The van der Waals surface area contributed by atoms with E-state index < -0.39 is 0 Å². The number of hydrogen-bond donors (Lipinski definition) is 1. The van der Waals surface area contributed by atoms with Crippen LogP contribution in [0.2, 0.25) is 0 Å². The molecule has 0 aliphatic carbocycles. The summed E-state index contributed by atoms with van der Waals surface area (Å²) < 4.78 is 4.02. The highest BCUT2D eigenvalue weighted by atomic mass is 15.3. The topological polar surface area (TPSA) is 47.7 Å². The molecule has 3 aromatic rings. The molecule has 5 heteroatoms. The Morgan fingerprint density at radius 1 is 1.25 bits per heavy atom. The van der Waals surface area contributed by atoms with Crippen molar-refractivity contribution < 1.29 is 0 Å². The third-order valence-corrected chi connectivity index (χ3v) is 3.45. The lowest BCUT2D eigenvalue weighted by molar-refractivity contribution is 0.466. The summed E-state index contributed by atoms with van der Waals surface area (Å²) in [6, 6.07) is 10.5. The fourth-order valence-electron chi connectivity index (χ4n) is 2.48. The Kier molecular flexibility index (Phi) is 3.52. The van der Waals surface area contributed by atoms with E-state index in [-0.39, 0.29) is 6.04 Å². The van der Waals surface area contributed by atoms with Crippen molar-refractivity contribution in [2.75, 3.05) is 6.54 Å². The van der Waals surface area contributed by atoms with Crippen molar-refractivity contribution in [3.8, 4) is 0 Å². The molecule has 0 aliphatic heterocycles. The fourth-order valence-corrected chi connectivity index (χ4v) is 2.48. The summed E-state index contributed by atoms with van der Waals surface area (Å²) >= 11 is 0. The summed E-state index contributed by atoms with van der Waals surface area (Å²) in [5.41, 5.74) is 3.25. The van der Waals surface area contributed by atoms with Crippen LogP contribution in [-0.4, -0.2) is 25.9 Å². The maximum absolute atomic E-state index is 4.51. The van der Waals surface area contributed by atoms with E-state index >= 15 is 0 Å². The Morgan fingerprint density at radius 3 is 2.85 bits per heavy atom. The molecule has 104 valence electrons. The van der Waals surface area contributed by atoms with Crippen molar-refractivity contribution in [1.82, 2.24) is 24.6 Å². The van der Waals surface area contributed by atoms with Gasteiger partial charge in [-0.3, -0.25) is 4.68 Å². The van der Waals surface area contributed by atoms with E-state index in [1.807, 2.05) is 42.5 Å². The molecule has 0 bridgehead atoms. The van der Waals surface area contributed by atoms with Crippen molar-refractivity contribution in [3.05, 3.63) is 48.5 Å². The van der Waals surface area contributed by atoms with Gasteiger partial charge in [0.1, 0.15) is 0 Å². The highest BCUT2D eigenvalue weighted by Crippen LogP contribution is 2.17. The predicted molar refractivity (Wildman–Crippen MR) is 79.4 cm³/mol. The Hall–Kier alpha value is -2.14. The molecule has 1 unspecified atom stereocenters. The van der Waals surface area contributed by atoms with E-state index in [0.717, 1.165) is 29.8 Å². The van der Waals surface area contributed by atoms with Gasteiger partial charge in [0.05, 0.1) is 29.1 Å². The van der Waals surface area contributed by atoms with Crippen LogP contribution in [0.1, 0.15) is 18.7 Å². The van der Waals surface area contributed by atoms with Gasteiger partial charge in [-0.25, -0.2) is 4.98 Å². The van der Waals surface area contributed by atoms with Crippen molar-refractivity contribution in [3.63, 3.8) is 0 Å². The smallest absolute Gasteiger partial charge is 0.0958 e. The van der Waals surface area contributed by atoms with Gasteiger partial charge in [-0.1, -0.05) is 19.1 Å². The van der Waals surface area contributed by atoms with Gasteiger partial charge in [-0.2, -0.15) is 5.10 Å². The lowest BCUT2D eigenvalue weighted by Gasteiger charge is -2.16. The monoisotopic (exact) mass is 269 g/mol. The van der Waals surface area contributed by atoms with Crippen LogP contribution in [0.15, 0.2) is 42.9 Å². The van der Waals surface area contributed by atoms with Crippen molar-refractivity contribution >= 4 is 11.0 Å². The van der Waals surface area contributed by atoms with Gasteiger partial charge in [0.25, 0.3) is 0 Å². The van der Waals surface area contributed by atoms with Crippen LogP contribution in [0.3, 0.4) is 0 Å². The molecule has 0 saturated carbocycles. The van der Waals surface area contributed by atoms with E-state index in [1.165, 1.54) is 0 Å². The second-order valence-electron chi connectivity index (χ2n) is 4.91. The minimum absolute atomic E-state index is 0.193. The second kappa shape index (κ2) is 5.46. The first-order chi connectivity index (χ1) is 9.78. The Morgan fingerprint density at radius 2 is 2.10 bits per heavy atom. The number of imidazole rings is 1. The van der Waals surface area contributed by atoms with E-state index in [2.05, 4.69) is 39.0 Å². The molecule has 5 nitrogen and oxygen atoms in total. The van der Waals surface area contributed by atoms with Gasteiger partial charge in [0.15, 0.2) is 0 Å². The van der Waals surface area contributed by atoms with E-state index in [1.54, 1.807) is 0 Å². The lowest BCUT2D eigenvalue weighted by Crippen LogP contribution is -2.25. The van der Waals surface area contributed by atoms with Gasteiger partial charge in [0, 0.05) is 19.8 Å². The average Bonchev–Trinajstić information content (AvgIpc) is 3.05. The minimum atomic E-state index is 0.193. The molecule has 2 aromatic heterocycles. The summed E-state index contributed by atoms with van der Waals surface area (Å²) in [6.07, 6.45) is 3.88. The zero-order chi connectivity index (χ0) is 13.9. The molecule has 2 heterocycles. The number of fused-ring (bicyclic) bond motifs is 1. The van der Waals surface area contributed by atoms with Crippen LogP contribution >= 0.6 is 0 Å². The van der Waals surface area contributed by atoms with Gasteiger partial charge in [0.2, 0.25) is 0 Å². The van der Waals surface area contributed by atoms with Gasteiger partial charge in [-0.05, 0) is 24.7 Å². The first-order valence-corrected chi connectivity index (χ1v) is 6.90. The molecule has 0 amide bonds. The molecule has 1 N–H and O–H groups in total. The zero-order valence-electron chi connectivity index (χ0n) is 11.8. The maximum atomic E-state index is 4.51. The van der Waals surface area contributed by atoms with Crippen LogP contribution in [0.25, 0.3) is 11.0 Å². The molecule has 0 saturated heterocycles. The molecule has 0 fully saturated rings. The van der Waals surface area contributed by atoms with E-state index in [0.29, 0.717) is 0 Å². The van der Waals surface area contributed by atoms with Gasteiger partial charge < -0.3 is 9.88 Å². The van der Waals surface area contributed by atoms with Crippen LogP contribution in [-0.2, 0) is 13.6 Å². The van der Waals surface area contributed by atoms with E-state index in [4.69, 9.17) is 0 Å². The zero-order valence-corrected chi connectivity index (χ0v) is 11.8. The summed E-state index contributed by atoms with van der Waals surface area (Å²) in [6.45, 7) is 3.85. The number of aryl methyl sites for hydroxylation is 1. The quantitative estimate of drug-likeness (QED) is 0.772. The van der Waals surface area contributed by atoms with E-state index in [9.17, 15) is 0 Å². The SMILES string of the molecule is CCNC(Cn1cnc2ccccc21)c1ccn(C)n1. The van der Waals surface area contributed by atoms with Gasteiger partial charge in [-0.15, -0.1) is 0 Å². The highest BCUT2D eigenvalue weighted by Gasteiger charge is 2.15. The van der Waals surface area contributed by atoms with Crippen LogP contribution in [0.5, 0.6) is 0 Å². The number of aromatic nitrogens is 4. The Labute approximate surface area is 118 Å². The van der Waals surface area contributed by atoms with Crippen molar-refractivity contribution in [2.24, 2.45) is 7.05 Å². The average molecular weight is 269 g/mol. The minimum Gasteiger partial charge on any atom is -0.329 e. The molecule has 0 aliphatic rings. The number of rotatable bonds is 5. The Bertz CT molecular complexity index is 697. The number of likely N-dealkylation sites (N-methyl/N-ethyl adjacent to an activating group) is 1. The number of nitrogens with one attached hydrogen (secondary N) is 1. The molecule has 20 heavy (non-hydrogen) atoms. The normalized spacial score (nSPS) is 12.9. The standard InChI is InChI=1S/C15H19N5/c1-3-16-14(12-8-9-19(2)18-12)10-20-11-17-13-6-4-5-7-15(13)20/h4-9,11,14,16H,3,10H2,1-2H3. The molecule has 0 radical (unpaired) electrons. The number of benzene rings is 1. The summed E-state index contributed by atoms with van der Waals surface area (Å²) in [7, 11) is 1.94. The maximum Gasteiger partial charge on any atom is 0.0958 e. The predicted octanol–water partition coefficient (Wildman–Crippen LogP) is 2.12. The van der Waals surface area contributed by atoms with Crippen LogP contribution < -0.4 is 5.32 Å². The molecular weight excluding hydrogens is 250 g/mol. The van der Waals surface area contributed by atoms with Crippen LogP contribution in [0.4, 0.5) is 0 Å². The first-order valence-electron chi connectivity index (χ1n) is 6.90. The largest absolute Gasteiger partial charge is 0.329 e. The molecule has 3 rings (SSSR count). The number of nitrogens with zero attached hydrogens (tertiary/aromatic N) is 4. The molecule has 1 aromatic carbocycles. The summed E-state index contributed by atoms with van der Waals surface area (Å²) in [5.74, 6) is 0. The van der Waals surface area contributed by atoms with Crippen molar-refractivity contribution in [1.29, 1.82) is 0 Å². The number of hydrogen-bond acceptors (Lipinski definition) is 3. The number of para-hydroxylation sites is 2. The summed E-state index contributed by atoms with van der Waals surface area (Å²) in [5, 5.41) is 8.00. The molecule has 0 spiro atoms. The second-order valence-corrected chi connectivity index (χ2v) is 4.91. The van der Waals surface area contributed by atoms with Gasteiger partial charge >= 0.3 is 0 Å². The third-order valence-electron chi connectivity index (χ3n) is 3.45. The highest BCUT2D eigenvalue weighted by molar-refractivity contribution is 5.74. The fraction of sp³-hybridized carbons (Fsp3) is 0.333. The lowest BCUT2D eigenvalue weighted by atomic mass is 10.2.